The van der Waals surface area contributed by atoms with Crippen LogP contribution in [0.3, 0.4) is 0 Å². The molecular weight excluding hydrogens is 240 g/mol. The van der Waals surface area contributed by atoms with Gasteiger partial charge in [0, 0.05) is 11.8 Å². The van der Waals surface area contributed by atoms with Crippen molar-refractivity contribution >= 4 is 22.8 Å². The first-order valence-corrected chi connectivity index (χ1v) is 5.07. The molecule has 0 fully saturated rings. The van der Waals surface area contributed by atoms with Crippen molar-refractivity contribution < 1.29 is 19.7 Å². The maximum Gasteiger partial charge on any atom is 0.337 e. The molecule has 5 N–H and O–H groups in total. The van der Waals surface area contributed by atoms with Gasteiger partial charge in [0.1, 0.15) is 23.9 Å². The molecule has 2 unspecified atom stereocenters. The number of aromatic amines is 1. The molecule has 2 atom stereocenters. The molecule has 0 aliphatic heterocycles. The lowest BCUT2D eigenvalue weighted by Crippen LogP contribution is -2.29. The third-order valence-corrected chi connectivity index (χ3v) is 2.59. The molecule has 18 heavy (non-hydrogen) atoms. The number of rotatable bonds is 3. The van der Waals surface area contributed by atoms with Gasteiger partial charge in [-0.2, -0.15) is 0 Å². The Balaban J connectivity index is 2.45. The Morgan fingerprint density at radius 3 is 2.89 bits per heavy atom. The molecule has 0 spiro atoms. The minimum atomic E-state index is -1.70. The molecule has 0 aliphatic rings. The summed E-state index contributed by atoms with van der Waals surface area (Å²) in [6.07, 6.45) is -0.499. The number of nitrogens with two attached hydrogens (primary N) is 1. The first-order valence-electron chi connectivity index (χ1n) is 5.07. The van der Waals surface area contributed by atoms with Gasteiger partial charge in [-0.05, 0) is 0 Å². The molecule has 0 saturated heterocycles. The molecule has 8 heteroatoms. The summed E-state index contributed by atoms with van der Waals surface area (Å²) in [5, 5.41) is 19.9. The van der Waals surface area contributed by atoms with Crippen molar-refractivity contribution in [2.24, 2.45) is 0 Å². The summed E-state index contributed by atoms with van der Waals surface area (Å²) in [4.78, 5) is 21.6. The summed E-state index contributed by atoms with van der Waals surface area (Å²) in [5.41, 5.74) is 6.32. The van der Waals surface area contributed by atoms with Gasteiger partial charge < -0.3 is 25.7 Å². The molecule has 0 saturated carbocycles. The fraction of sp³-hybridized carbons (Fsp3) is 0.300. The molecule has 0 radical (unpaired) electrons. The minimum absolute atomic E-state index is 0.146. The second-order valence-electron chi connectivity index (χ2n) is 3.64. The zero-order valence-corrected chi connectivity index (χ0v) is 9.49. The van der Waals surface area contributed by atoms with Gasteiger partial charge in [-0.25, -0.2) is 14.8 Å². The van der Waals surface area contributed by atoms with Gasteiger partial charge in [-0.15, -0.1) is 0 Å². The monoisotopic (exact) mass is 252 g/mol. The summed E-state index contributed by atoms with van der Waals surface area (Å²) >= 11 is 0. The zero-order valence-electron chi connectivity index (χ0n) is 9.49. The Kier molecular flexibility index (Phi) is 3.13. The van der Waals surface area contributed by atoms with Gasteiger partial charge in [0.15, 0.2) is 6.10 Å². The predicted octanol–water partition coefficient (Wildman–Crippen LogP) is -0.893. The van der Waals surface area contributed by atoms with Crippen molar-refractivity contribution in [3.63, 3.8) is 0 Å². The highest BCUT2D eigenvalue weighted by Crippen LogP contribution is 2.28. The second-order valence-corrected chi connectivity index (χ2v) is 3.64. The fourth-order valence-electron chi connectivity index (χ4n) is 1.66. The van der Waals surface area contributed by atoms with Crippen molar-refractivity contribution in [1.29, 1.82) is 0 Å². The summed E-state index contributed by atoms with van der Waals surface area (Å²) in [7, 11) is 1.12. The quantitative estimate of drug-likeness (QED) is 0.520. The van der Waals surface area contributed by atoms with Crippen LogP contribution in [-0.2, 0) is 9.53 Å². The van der Waals surface area contributed by atoms with Crippen LogP contribution >= 0.6 is 0 Å². The Bertz CT molecular complexity index is 582. The highest BCUT2D eigenvalue weighted by atomic mass is 16.5. The first kappa shape index (κ1) is 12.3. The average Bonchev–Trinajstić information content (AvgIpc) is 2.81. The molecule has 96 valence electrons. The van der Waals surface area contributed by atoms with Gasteiger partial charge in [0.25, 0.3) is 0 Å². The van der Waals surface area contributed by atoms with Crippen LogP contribution in [0.2, 0.25) is 0 Å². The topological polar surface area (TPSA) is 134 Å². The smallest absolute Gasteiger partial charge is 0.337 e. The lowest BCUT2D eigenvalue weighted by Gasteiger charge is -2.15. The van der Waals surface area contributed by atoms with Gasteiger partial charge in [0.2, 0.25) is 0 Å². The number of ether oxygens (including phenoxy) is 1. The number of nitrogens with zero attached hydrogens (tertiary/aromatic N) is 2. The van der Waals surface area contributed by atoms with E-state index in [-0.39, 0.29) is 11.4 Å². The van der Waals surface area contributed by atoms with Crippen LogP contribution in [0.4, 0.5) is 5.82 Å². The Morgan fingerprint density at radius 2 is 2.22 bits per heavy atom. The number of hydrogen-bond acceptors (Lipinski definition) is 7. The fourth-order valence-corrected chi connectivity index (χ4v) is 1.66. The number of aromatic nitrogens is 3. The standard InChI is InChI=1S/C10H12N4O4/c1-18-10(17)7(16)6(15)4-2-12-9-5(4)8(11)13-3-14-9/h2-3,6-7,15-16H,1H3,(H3,11,12,13,14). The van der Waals surface area contributed by atoms with Crippen molar-refractivity contribution in [2.75, 3.05) is 12.8 Å². The molecule has 2 aromatic rings. The third-order valence-electron chi connectivity index (χ3n) is 2.59. The lowest BCUT2D eigenvalue weighted by molar-refractivity contribution is -0.156. The van der Waals surface area contributed by atoms with E-state index >= 15 is 0 Å². The summed E-state index contributed by atoms with van der Waals surface area (Å²) < 4.78 is 4.35. The Hall–Kier alpha value is -2.19. The minimum Gasteiger partial charge on any atom is -0.467 e. The number of aliphatic hydroxyl groups is 2. The van der Waals surface area contributed by atoms with Crippen LogP contribution in [0, 0.1) is 0 Å². The van der Waals surface area contributed by atoms with E-state index in [1.54, 1.807) is 0 Å². The predicted molar refractivity (Wildman–Crippen MR) is 61.3 cm³/mol. The number of nitrogen functional groups attached to an aromatic ring is 1. The van der Waals surface area contributed by atoms with E-state index in [1.807, 2.05) is 0 Å². The van der Waals surface area contributed by atoms with Crippen LogP contribution in [-0.4, -0.2) is 44.3 Å². The Morgan fingerprint density at radius 1 is 1.50 bits per heavy atom. The molecule has 0 aromatic carbocycles. The number of nitrogens with one attached hydrogen (secondary N) is 1. The van der Waals surface area contributed by atoms with Gasteiger partial charge in [-0.1, -0.05) is 0 Å². The van der Waals surface area contributed by atoms with Gasteiger partial charge in [-0.3, -0.25) is 0 Å². The van der Waals surface area contributed by atoms with Crippen LogP contribution in [0.5, 0.6) is 0 Å². The number of carbonyl (C=O) groups excluding carboxylic acids is 1. The van der Waals surface area contributed by atoms with E-state index in [2.05, 4.69) is 19.7 Å². The van der Waals surface area contributed by atoms with Crippen LogP contribution in [0.15, 0.2) is 12.5 Å². The van der Waals surface area contributed by atoms with Gasteiger partial charge >= 0.3 is 5.97 Å². The largest absolute Gasteiger partial charge is 0.467 e. The lowest BCUT2D eigenvalue weighted by atomic mass is 10.0. The summed E-state index contributed by atoms with van der Waals surface area (Å²) in [6, 6.07) is 0. The number of fused-ring (bicyclic) bond motifs is 1. The van der Waals surface area contributed by atoms with E-state index in [0.29, 0.717) is 11.0 Å². The van der Waals surface area contributed by atoms with E-state index in [1.165, 1.54) is 12.5 Å². The molecular formula is C10H12N4O4. The molecule has 8 nitrogen and oxygen atoms in total. The Labute approximate surface area is 101 Å². The number of methoxy groups -OCH3 is 1. The molecule has 2 aromatic heterocycles. The number of hydrogen-bond donors (Lipinski definition) is 4. The van der Waals surface area contributed by atoms with Crippen LogP contribution in [0.1, 0.15) is 11.7 Å². The molecule has 2 heterocycles. The number of carbonyl (C=O) groups is 1. The number of esters is 1. The van der Waals surface area contributed by atoms with E-state index in [9.17, 15) is 15.0 Å². The zero-order chi connectivity index (χ0) is 13.3. The number of anilines is 1. The molecule has 2 rings (SSSR count). The third kappa shape index (κ3) is 1.87. The van der Waals surface area contributed by atoms with Crippen molar-refractivity contribution in [3.8, 4) is 0 Å². The van der Waals surface area contributed by atoms with E-state index in [0.717, 1.165) is 7.11 Å². The molecule has 0 bridgehead atoms. The highest BCUT2D eigenvalue weighted by Gasteiger charge is 2.29. The summed E-state index contributed by atoms with van der Waals surface area (Å²) in [6.45, 7) is 0. The van der Waals surface area contributed by atoms with Crippen molar-refractivity contribution in [2.45, 2.75) is 12.2 Å². The second kappa shape index (κ2) is 4.59. The SMILES string of the molecule is COC(=O)C(O)C(O)c1c[nH]c2ncnc(N)c12. The first-order chi connectivity index (χ1) is 8.56. The van der Waals surface area contributed by atoms with Crippen LogP contribution in [0.25, 0.3) is 11.0 Å². The number of H-pyrrole nitrogens is 1. The normalized spacial score (nSPS) is 14.4. The van der Waals surface area contributed by atoms with Crippen molar-refractivity contribution in [3.05, 3.63) is 18.1 Å². The van der Waals surface area contributed by atoms with E-state index < -0.39 is 18.2 Å². The maximum absolute atomic E-state index is 11.2. The number of aliphatic hydroxyl groups excluding tert-OH is 2. The highest BCUT2D eigenvalue weighted by molar-refractivity contribution is 5.90. The van der Waals surface area contributed by atoms with Crippen LogP contribution < -0.4 is 5.73 Å². The average molecular weight is 252 g/mol. The molecule has 0 aliphatic carbocycles. The van der Waals surface area contributed by atoms with Gasteiger partial charge in [0.05, 0.1) is 12.5 Å². The molecule has 0 amide bonds. The van der Waals surface area contributed by atoms with Crippen molar-refractivity contribution in [1.82, 2.24) is 15.0 Å². The van der Waals surface area contributed by atoms with E-state index in [4.69, 9.17) is 5.73 Å². The summed E-state index contributed by atoms with van der Waals surface area (Å²) in [5.74, 6) is -0.792. The maximum atomic E-state index is 11.2.